The van der Waals surface area contributed by atoms with Gasteiger partial charge in [0.15, 0.2) is 0 Å². The SMILES string of the molecule is N#CC1=C(N)Oc2n[nH]c(-c3ccccc3)c2[C@@H]1c1cc([N+](=O)[O-])ccc1OCc1cccc(F)c1. The van der Waals surface area contributed by atoms with Crippen LogP contribution in [0.15, 0.2) is 84.3 Å². The number of nitrogens with two attached hydrogens (primary N) is 1. The minimum absolute atomic E-state index is 0.00331. The summed E-state index contributed by atoms with van der Waals surface area (Å²) < 4.78 is 25.3. The Hall–Kier alpha value is -5.17. The number of hydrogen-bond acceptors (Lipinski definition) is 7. The number of hydrogen-bond donors (Lipinski definition) is 2. The van der Waals surface area contributed by atoms with Gasteiger partial charge < -0.3 is 15.2 Å². The molecule has 1 aliphatic rings. The van der Waals surface area contributed by atoms with Crippen molar-refractivity contribution in [3.63, 3.8) is 0 Å². The molecule has 178 valence electrons. The molecule has 4 aromatic rings. The highest BCUT2D eigenvalue weighted by Crippen LogP contribution is 2.48. The second-order valence-corrected chi connectivity index (χ2v) is 8.01. The summed E-state index contributed by atoms with van der Waals surface area (Å²) in [5.41, 5.74) is 8.64. The van der Waals surface area contributed by atoms with E-state index in [1.165, 1.54) is 30.3 Å². The maximum absolute atomic E-state index is 13.7. The van der Waals surface area contributed by atoms with Crippen molar-refractivity contribution in [3.05, 3.63) is 117 Å². The van der Waals surface area contributed by atoms with Gasteiger partial charge in [0.05, 0.1) is 22.1 Å². The first-order valence-electron chi connectivity index (χ1n) is 10.8. The van der Waals surface area contributed by atoms with Gasteiger partial charge >= 0.3 is 0 Å². The van der Waals surface area contributed by atoms with E-state index in [0.717, 1.165) is 5.56 Å². The van der Waals surface area contributed by atoms with Crippen molar-refractivity contribution in [2.45, 2.75) is 12.5 Å². The topological polar surface area (TPSA) is 140 Å². The van der Waals surface area contributed by atoms with Gasteiger partial charge in [0.2, 0.25) is 11.8 Å². The maximum atomic E-state index is 13.7. The second kappa shape index (κ2) is 9.23. The Morgan fingerprint density at radius 3 is 2.69 bits per heavy atom. The molecule has 9 nitrogen and oxygen atoms in total. The summed E-state index contributed by atoms with van der Waals surface area (Å²) in [5, 5.41) is 28.8. The summed E-state index contributed by atoms with van der Waals surface area (Å²) in [5.74, 6) is -1.04. The summed E-state index contributed by atoms with van der Waals surface area (Å²) in [6, 6.07) is 21.3. The van der Waals surface area contributed by atoms with Gasteiger partial charge in [-0.2, -0.15) is 5.26 Å². The minimum Gasteiger partial charge on any atom is -0.489 e. The number of nitro groups is 1. The normalized spacial score (nSPS) is 14.5. The fraction of sp³-hybridized carbons (Fsp3) is 0.0769. The Morgan fingerprint density at radius 2 is 1.97 bits per heavy atom. The number of ether oxygens (including phenoxy) is 2. The van der Waals surface area contributed by atoms with E-state index in [1.54, 1.807) is 12.1 Å². The van der Waals surface area contributed by atoms with Crippen LogP contribution in [0.1, 0.15) is 22.6 Å². The highest BCUT2D eigenvalue weighted by Gasteiger charge is 2.38. The highest BCUT2D eigenvalue weighted by molar-refractivity contribution is 5.72. The Labute approximate surface area is 204 Å². The molecule has 5 rings (SSSR count). The average Bonchev–Trinajstić information content (AvgIpc) is 3.30. The van der Waals surface area contributed by atoms with E-state index >= 15 is 0 Å². The number of nitrogens with one attached hydrogen (secondary N) is 1. The molecule has 0 aliphatic carbocycles. The Bertz CT molecular complexity index is 1540. The molecule has 2 heterocycles. The predicted molar refractivity (Wildman–Crippen MR) is 127 cm³/mol. The van der Waals surface area contributed by atoms with Gasteiger partial charge in [0.25, 0.3) is 5.69 Å². The van der Waals surface area contributed by atoms with Gasteiger partial charge in [0.1, 0.15) is 29.8 Å². The molecule has 0 radical (unpaired) electrons. The van der Waals surface area contributed by atoms with E-state index in [2.05, 4.69) is 16.3 Å². The van der Waals surface area contributed by atoms with Crippen LogP contribution in [0.25, 0.3) is 11.3 Å². The van der Waals surface area contributed by atoms with E-state index in [1.807, 2.05) is 30.3 Å². The average molecular weight is 483 g/mol. The molecule has 0 amide bonds. The monoisotopic (exact) mass is 483 g/mol. The number of halogens is 1. The van der Waals surface area contributed by atoms with Crippen LogP contribution >= 0.6 is 0 Å². The third-order valence-electron chi connectivity index (χ3n) is 5.80. The van der Waals surface area contributed by atoms with Crippen molar-refractivity contribution >= 4 is 5.69 Å². The molecule has 1 aromatic heterocycles. The number of fused-ring (bicyclic) bond motifs is 1. The molecule has 0 bridgehead atoms. The van der Waals surface area contributed by atoms with Crippen molar-refractivity contribution in [1.82, 2.24) is 10.2 Å². The van der Waals surface area contributed by atoms with Crippen molar-refractivity contribution < 1.29 is 18.8 Å². The third-order valence-corrected chi connectivity index (χ3v) is 5.80. The maximum Gasteiger partial charge on any atom is 0.270 e. The van der Waals surface area contributed by atoms with Crippen molar-refractivity contribution in [2.75, 3.05) is 0 Å². The molecule has 3 aromatic carbocycles. The number of nitriles is 1. The predicted octanol–water partition coefficient (Wildman–Crippen LogP) is 4.92. The van der Waals surface area contributed by atoms with Gasteiger partial charge in [-0.1, -0.05) is 42.5 Å². The van der Waals surface area contributed by atoms with E-state index in [4.69, 9.17) is 15.2 Å². The smallest absolute Gasteiger partial charge is 0.270 e. The number of aromatic amines is 1. The van der Waals surface area contributed by atoms with E-state index in [-0.39, 0.29) is 35.4 Å². The summed E-state index contributed by atoms with van der Waals surface area (Å²) in [7, 11) is 0. The number of nitrogens with zero attached hydrogens (tertiary/aromatic N) is 3. The Morgan fingerprint density at radius 1 is 1.17 bits per heavy atom. The first kappa shape index (κ1) is 22.6. The zero-order valence-electron chi connectivity index (χ0n) is 18.6. The van der Waals surface area contributed by atoms with Crippen LogP contribution in [-0.4, -0.2) is 15.1 Å². The molecular formula is C26H18FN5O4. The van der Waals surface area contributed by atoms with Crippen LogP contribution in [0, 0.1) is 27.3 Å². The van der Waals surface area contributed by atoms with Crippen molar-refractivity contribution in [2.24, 2.45) is 5.73 Å². The molecular weight excluding hydrogens is 465 g/mol. The van der Waals surface area contributed by atoms with Crippen LogP contribution in [0.4, 0.5) is 10.1 Å². The van der Waals surface area contributed by atoms with Gasteiger partial charge in [-0.05, 0) is 29.3 Å². The largest absolute Gasteiger partial charge is 0.489 e. The first-order valence-corrected chi connectivity index (χ1v) is 10.8. The molecule has 0 unspecified atom stereocenters. The van der Waals surface area contributed by atoms with Crippen LogP contribution in [0.5, 0.6) is 11.6 Å². The van der Waals surface area contributed by atoms with E-state index in [0.29, 0.717) is 22.4 Å². The van der Waals surface area contributed by atoms with Crippen molar-refractivity contribution in [1.29, 1.82) is 5.26 Å². The number of aromatic nitrogens is 2. The summed E-state index contributed by atoms with van der Waals surface area (Å²) in [6.07, 6.45) is 0. The summed E-state index contributed by atoms with van der Waals surface area (Å²) in [6.45, 7) is -0.00331. The fourth-order valence-electron chi connectivity index (χ4n) is 4.18. The minimum atomic E-state index is -0.880. The zero-order valence-corrected chi connectivity index (χ0v) is 18.6. The first-order chi connectivity index (χ1) is 17.5. The number of rotatable bonds is 6. The van der Waals surface area contributed by atoms with Crippen LogP contribution in [0.2, 0.25) is 0 Å². The Balaban J connectivity index is 1.68. The number of non-ortho nitro benzene ring substituents is 1. The number of H-pyrrole nitrogens is 1. The molecule has 3 N–H and O–H groups in total. The van der Waals surface area contributed by atoms with Crippen LogP contribution in [0.3, 0.4) is 0 Å². The molecule has 1 atom stereocenters. The molecule has 0 saturated carbocycles. The summed E-state index contributed by atoms with van der Waals surface area (Å²) >= 11 is 0. The van der Waals surface area contributed by atoms with E-state index in [9.17, 15) is 19.8 Å². The number of nitro benzene ring substituents is 1. The lowest BCUT2D eigenvalue weighted by molar-refractivity contribution is -0.384. The third kappa shape index (κ3) is 4.10. The molecule has 1 aliphatic heterocycles. The molecule has 10 heteroatoms. The van der Waals surface area contributed by atoms with Gasteiger partial charge in [-0.3, -0.25) is 15.2 Å². The number of benzene rings is 3. The number of allylic oxidation sites excluding steroid dienone is 1. The highest BCUT2D eigenvalue weighted by atomic mass is 19.1. The zero-order chi connectivity index (χ0) is 25.2. The fourth-order valence-corrected chi connectivity index (χ4v) is 4.18. The van der Waals surface area contributed by atoms with Gasteiger partial charge in [-0.15, -0.1) is 5.10 Å². The lowest BCUT2D eigenvalue weighted by atomic mass is 9.82. The molecule has 0 saturated heterocycles. The molecule has 0 spiro atoms. The van der Waals surface area contributed by atoms with Crippen molar-refractivity contribution in [3.8, 4) is 29.0 Å². The summed E-state index contributed by atoms with van der Waals surface area (Å²) in [4.78, 5) is 11.1. The quantitative estimate of drug-likeness (QED) is 0.293. The Kier molecular flexibility index (Phi) is 5.80. The van der Waals surface area contributed by atoms with Gasteiger partial charge in [0, 0.05) is 17.7 Å². The van der Waals surface area contributed by atoms with E-state index < -0.39 is 16.7 Å². The molecule has 36 heavy (non-hydrogen) atoms. The standard InChI is InChI=1S/C26H18FN5O4/c27-17-8-4-5-15(11-17)14-35-21-10-9-18(32(33)34)12-19(21)22-20(13-28)25(29)36-26-23(22)24(30-31-26)16-6-2-1-3-7-16/h1-12,22H,14,29H2,(H,30,31)/t22-/m1/s1. The second-order valence-electron chi connectivity index (χ2n) is 8.01. The lowest BCUT2D eigenvalue weighted by Gasteiger charge is -2.25. The molecule has 0 fully saturated rings. The van der Waals surface area contributed by atoms with Crippen LogP contribution in [-0.2, 0) is 6.61 Å². The van der Waals surface area contributed by atoms with Crippen LogP contribution < -0.4 is 15.2 Å². The lowest BCUT2D eigenvalue weighted by Crippen LogP contribution is -2.21. The van der Waals surface area contributed by atoms with Gasteiger partial charge in [-0.25, -0.2) is 4.39 Å².